The Kier molecular flexibility index (Phi) is 10.8. The molecule has 5 heterocycles. The lowest BCUT2D eigenvalue weighted by Crippen LogP contribution is -2.37. The maximum Gasteiger partial charge on any atom is 0.350 e. The van der Waals surface area contributed by atoms with Crippen LogP contribution in [0, 0.1) is 6.92 Å². The summed E-state index contributed by atoms with van der Waals surface area (Å²) < 4.78 is 8.69. The number of phenols is 2. The number of aromatic nitrogens is 4. The smallest absolute Gasteiger partial charge is 0.350 e. The number of hydrogen-bond donors (Lipinski definition) is 3. The third-order valence-electron chi connectivity index (χ3n) is 9.85. The summed E-state index contributed by atoms with van der Waals surface area (Å²) in [5, 5.41) is 42.6. The second-order valence-electron chi connectivity index (χ2n) is 13.7. The second kappa shape index (κ2) is 16.1. The molecule has 3 N–H and O–H groups in total. The molecule has 5 aromatic rings. The predicted octanol–water partition coefficient (Wildman–Crippen LogP) is 7.21. The number of aromatic hydroxyl groups is 2. The van der Waals surface area contributed by atoms with Gasteiger partial charge in [0, 0.05) is 67.6 Å². The summed E-state index contributed by atoms with van der Waals surface area (Å²) in [6, 6.07) is 15.4. The van der Waals surface area contributed by atoms with Gasteiger partial charge in [-0.15, -0.1) is 10.2 Å². The molecule has 0 radical (unpaired) electrons. The molecule has 0 unspecified atom stereocenters. The van der Waals surface area contributed by atoms with Gasteiger partial charge in [-0.05, 0) is 80.0 Å². The van der Waals surface area contributed by atoms with E-state index in [1.54, 1.807) is 6.07 Å². The molecule has 0 saturated heterocycles. The molecular weight excluding hydrogens is 653 g/mol. The van der Waals surface area contributed by atoms with Crippen LogP contribution in [0.3, 0.4) is 0 Å². The predicted molar refractivity (Wildman–Crippen MR) is 199 cm³/mol. The van der Waals surface area contributed by atoms with Crippen molar-refractivity contribution in [3.05, 3.63) is 103 Å². The number of hydrogen-bond acceptors (Lipinski definition) is 8. The van der Waals surface area contributed by atoms with Crippen LogP contribution in [0.1, 0.15) is 49.3 Å². The molecule has 2 aromatic carbocycles. The average Bonchev–Trinajstić information content (AvgIpc) is 3.61. The highest BCUT2D eigenvalue weighted by molar-refractivity contribution is 5.74. The van der Waals surface area contributed by atoms with Gasteiger partial charge >= 0.3 is 5.82 Å². The Bertz CT molecular complexity index is 2090. The van der Waals surface area contributed by atoms with E-state index in [9.17, 15) is 10.2 Å². The molecule has 12 heteroatoms. The second-order valence-corrected chi connectivity index (χ2v) is 13.7. The fourth-order valence-corrected chi connectivity index (χ4v) is 7.28. The van der Waals surface area contributed by atoms with E-state index < -0.39 is 0 Å². The molecule has 2 aliphatic heterocycles. The minimum Gasteiger partial charge on any atom is -0.506 e. The van der Waals surface area contributed by atoms with E-state index in [0.29, 0.717) is 11.4 Å². The maximum absolute atomic E-state index is 11.1. The summed E-state index contributed by atoms with van der Waals surface area (Å²) in [4.78, 5) is 2.42. The number of rotatable bonds is 14. The van der Waals surface area contributed by atoms with Crippen molar-refractivity contribution in [2.24, 2.45) is 20.5 Å². The summed E-state index contributed by atoms with van der Waals surface area (Å²) in [5.41, 5.74) is 7.21. The van der Waals surface area contributed by atoms with Crippen LogP contribution in [-0.4, -0.2) is 34.4 Å². The fourth-order valence-electron chi connectivity index (χ4n) is 7.28. The Morgan fingerprint density at radius 2 is 1.67 bits per heavy atom. The summed E-state index contributed by atoms with van der Waals surface area (Å²) in [6.45, 7) is 10.3. The van der Waals surface area contributed by atoms with Gasteiger partial charge in [0.15, 0.2) is 30.4 Å². The molecule has 0 fully saturated rings. The lowest BCUT2D eigenvalue weighted by atomic mass is 9.90. The number of aryl methyl sites for hydroxylation is 6. The van der Waals surface area contributed by atoms with Gasteiger partial charge in [0.25, 0.3) is 0 Å². The lowest BCUT2D eigenvalue weighted by molar-refractivity contribution is -0.726. The third-order valence-corrected chi connectivity index (χ3v) is 9.85. The number of nitrogens with zero attached hydrogens (tertiary/aromatic N) is 9. The zero-order valence-corrected chi connectivity index (χ0v) is 30.2. The molecule has 0 aliphatic carbocycles. The third kappa shape index (κ3) is 8.11. The minimum atomic E-state index is 0.104. The van der Waals surface area contributed by atoms with Crippen LogP contribution in [0.25, 0.3) is 0 Å². The standard InChI is InChI=1S/C40H47N10O2/c1-3-41-34-27-37(51)35(25-30(34)2)43-42-32-12-7-15-46(28-32)16-9-17-47-23-24-48(29-47)18-10-22-49-19-5-4-14-38(49)45-44-36-26-31-11-6-20-50-21-8-13-33(39(31)50)40(36)52/h4-5,7,12,14-15,19,23-29H,3,6,8-11,13,16-18,20-22H2,1-2H3,(H-,41,42,51)/q+1/p+2. The van der Waals surface area contributed by atoms with Gasteiger partial charge in [0.1, 0.15) is 29.5 Å². The molecule has 0 amide bonds. The van der Waals surface area contributed by atoms with Crippen LogP contribution in [0.4, 0.5) is 34.3 Å². The summed E-state index contributed by atoms with van der Waals surface area (Å²) in [7, 11) is 0. The molecular formula is C40H49N10O2+3. The highest BCUT2D eigenvalue weighted by Gasteiger charge is 2.28. The number of phenolic OH excluding ortho intramolecular Hbond substituents is 2. The Hall–Kier alpha value is -5.65. The van der Waals surface area contributed by atoms with Crippen molar-refractivity contribution in [1.29, 1.82) is 0 Å². The van der Waals surface area contributed by atoms with Gasteiger partial charge < -0.3 is 20.4 Å². The van der Waals surface area contributed by atoms with Crippen molar-refractivity contribution in [3.8, 4) is 11.5 Å². The topological polar surface area (TPSA) is 122 Å². The highest BCUT2D eigenvalue weighted by Crippen LogP contribution is 2.45. The molecule has 0 saturated carbocycles. The van der Waals surface area contributed by atoms with E-state index in [1.807, 2.05) is 74.9 Å². The molecule has 52 heavy (non-hydrogen) atoms. The Balaban J connectivity index is 0.902. The van der Waals surface area contributed by atoms with Crippen molar-refractivity contribution in [3.63, 3.8) is 0 Å². The zero-order valence-electron chi connectivity index (χ0n) is 30.2. The number of benzene rings is 2. The largest absolute Gasteiger partial charge is 0.506 e. The van der Waals surface area contributed by atoms with Crippen LogP contribution in [0.15, 0.2) is 106 Å². The Labute approximate surface area is 305 Å². The number of azo groups is 2. The molecule has 268 valence electrons. The Morgan fingerprint density at radius 1 is 0.827 bits per heavy atom. The van der Waals surface area contributed by atoms with E-state index >= 15 is 0 Å². The van der Waals surface area contributed by atoms with Crippen LogP contribution in [0.2, 0.25) is 0 Å². The normalized spacial score (nSPS) is 14.0. The van der Waals surface area contributed by atoms with Gasteiger partial charge in [-0.3, -0.25) is 0 Å². The van der Waals surface area contributed by atoms with Crippen molar-refractivity contribution in [1.82, 2.24) is 4.57 Å². The molecule has 7 rings (SSSR count). The van der Waals surface area contributed by atoms with Crippen molar-refractivity contribution in [2.75, 3.05) is 29.9 Å². The van der Waals surface area contributed by atoms with Crippen molar-refractivity contribution < 1.29 is 23.9 Å². The van der Waals surface area contributed by atoms with Gasteiger partial charge in [0.05, 0.1) is 30.9 Å². The van der Waals surface area contributed by atoms with Crippen LogP contribution < -0.4 is 23.9 Å². The summed E-state index contributed by atoms with van der Waals surface area (Å²) >= 11 is 0. The SMILES string of the molecule is CCNc1cc(O)c(/N=N/c2ccc[n+](CCC[n+]3ccn(CCC[n+]4ccccc4N=Nc4cc5c6c(c4O)CCCN6CCC5)c3)c2)cc1C. The van der Waals surface area contributed by atoms with E-state index in [-0.39, 0.29) is 11.5 Å². The number of nitrogens with one attached hydrogen (secondary N) is 1. The summed E-state index contributed by atoms with van der Waals surface area (Å²) in [5.74, 6) is 1.16. The quantitative estimate of drug-likeness (QED) is 0.0837. The van der Waals surface area contributed by atoms with Crippen molar-refractivity contribution >= 4 is 34.3 Å². The first-order chi connectivity index (χ1) is 25.4. The molecule has 3 aromatic heterocycles. The van der Waals surface area contributed by atoms with E-state index in [2.05, 4.69) is 67.7 Å². The minimum absolute atomic E-state index is 0.104. The molecule has 12 nitrogen and oxygen atoms in total. The number of pyridine rings is 2. The van der Waals surface area contributed by atoms with E-state index in [0.717, 1.165) is 113 Å². The van der Waals surface area contributed by atoms with Gasteiger partial charge in [0.2, 0.25) is 6.33 Å². The van der Waals surface area contributed by atoms with Gasteiger partial charge in [-0.25, -0.2) is 18.3 Å². The lowest BCUT2D eigenvalue weighted by Gasteiger charge is -2.37. The first-order valence-corrected chi connectivity index (χ1v) is 18.5. The number of anilines is 2. The molecule has 0 atom stereocenters. The Morgan fingerprint density at radius 3 is 2.56 bits per heavy atom. The fraction of sp³-hybridized carbons (Fsp3) is 0.375. The highest BCUT2D eigenvalue weighted by atomic mass is 16.3. The van der Waals surface area contributed by atoms with Crippen molar-refractivity contribution in [2.45, 2.75) is 78.6 Å². The zero-order chi connectivity index (χ0) is 35.9. The average molecular weight is 702 g/mol. The molecule has 0 bridgehead atoms. The van der Waals surface area contributed by atoms with E-state index in [1.165, 1.54) is 11.3 Å². The monoisotopic (exact) mass is 701 g/mol. The van der Waals surface area contributed by atoms with Gasteiger partial charge in [-0.1, -0.05) is 6.07 Å². The maximum atomic E-state index is 11.1. The number of imidazole rings is 1. The van der Waals surface area contributed by atoms with Crippen LogP contribution in [0.5, 0.6) is 11.5 Å². The molecule has 0 spiro atoms. The first-order valence-electron chi connectivity index (χ1n) is 18.5. The first kappa shape index (κ1) is 34.8. The van der Waals surface area contributed by atoms with Crippen LogP contribution in [-0.2, 0) is 39.0 Å². The van der Waals surface area contributed by atoms with Crippen LogP contribution >= 0.6 is 0 Å². The molecule has 2 aliphatic rings. The summed E-state index contributed by atoms with van der Waals surface area (Å²) in [6.07, 6.45) is 18.5. The van der Waals surface area contributed by atoms with Gasteiger partial charge in [-0.2, -0.15) is 0 Å². The van der Waals surface area contributed by atoms with E-state index in [4.69, 9.17) is 0 Å².